The van der Waals surface area contributed by atoms with E-state index < -0.39 is 24.4 Å². The predicted octanol–water partition coefficient (Wildman–Crippen LogP) is 0.233. The van der Waals surface area contributed by atoms with Crippen LogP contribution in [0, 0.1) is 0 Å². The summed E-state index contributed by atoms with van der Waals surface area (Å²) in [5.74, 6) is 0.135. The number of carbonyl (C=O) groups is 1. The van der Waals surface area contributed by atoms with Gasteiger partial charge in [-0.05, 0) is 19.9 Å². The molecule has 0 aliphatic carbocycles. The molecule has 128 valence electrons. The minimum Gasteiger partial charge on any atom is -0.432 e. The topological polar surface area (TPSA) is 124 Å². The second-order valence-electron chi connectivity index (χ2n) is 4.95. The Morgan fingerprint density at radius 1 is 1.57 bits per heavy atom. The summed E-state index contributed by atoms with van der Waals surface area (Å²) in [4.78, 5) is 26.4. The van der Waals surface area contributed by atoms with Gasteiger partial charge in [0.25, 0.3) is 0 Å². The molecule has 0 bridgehead atoms. The zero-order chi connectivity index (χ0) is 16.8. The Bertz CT molecular complexity index is 589. The number of nitrogens with zero attached hydrogens (tertiary/aromatic N) is 2. The molecule has 0 radical (unpaired) electrons. The highest BCUT2D eigenvalue weighted by atomic mass is 16.8. The summed E-state index contributed by atoms with van der Waals surface area (Å²) in [6, 6.07) is 1.49. The highest BCUT2D eigenvalue weighted by Crippen LogP contribution is 2.19. The highest BCUT2D eigenvalue weighted by Gasteiger charge is 2.28. The van der Waals surface area contributed by atoms with Gasteiger partial charge >= 0.3 is 11.8 Å². The Balaban J connectivity index is 1.71. The largest absolute Gasteiger partial charge is 0.510 e. The van der Waals surface area contributed by atoms with Crippen molar-refractivity contribution in [1.29, 1.82) is 0 Å². The van der Waals surface area contributed by atoms with Crippen molar-refractivity contribution in [1.82, 2.24) is 9.55 Å². The fraction of sp³-hybridized carbons (Fsp3) is 0.615. The summed E-state index contributed by atoms with van der Waals surface area (Å²) < 4.78 is 26.7. The van der Waals surface area contributed by atoms with Gasteiger partial charge in [0.1, 0.15) is 12.4 Å². The Labute approximate surface area is 132 Å². The lowest BCUT2D eigenvalue weighted by Crippen LogP contribution is -2.29. The molecule has 0 unspecified atom stereocenters. The van der Waals surface area contributed by atoms with Crippen LogP contribution in [0.5, 0.6) is 0 Å². The highest BCUT2D eigenvalue weighted by molar-refractivity contribution is 5.59. The lowest BCUT2D eigenvalue weighted by molar-refractivity contribution is -0.141. The Morgan fingerprint density at radius 2 is 2.35 bits per heavy atom. The van der Waals surface area contributed by atoms with Crippen molar-refractivity contribution in [3.8, 4) is 0 Å². The fourth-order valence-electron chi connectivity index (χ4n) is 1.78. The fourth-order valence-corrected chi connectivity index (χ4v) is 1.78. The second-order valence-corrected chi connectivity index (χ2v) is 4.95. The smallest absolute Gasteiger partial charge is 0.432 e. The van der Waals surface area contributed by atoms with E-state index in [4.69, 9.17) is 24.7 Å². The van der Waals surface area contributed by atoms with Crippen LogP contribution < -0.4 is 11.4 Å². The first kappa shape index (κ1) is 17.2. The average Bonchev–Trinajstić information content (AvgIpc) is 2.91. The number of anilines is 1. The normalized spacial score (nSPS) is 20.7. The minimum absolute atomic E-state index is 0.0304. The molecule has 1 aliphatic rings. The molecular formula is C13H19N3O7. The molecule has 2 rings (SSSR count). The Morgan fingerprint density at radius 3 is 3.04 bits per heavy atom. The van der Waals surface area contributed by atoms with Crippen LogP contribution in [-0.2, 0) is 23.7 Å². The van der Waals surface area contributed by atoms with Crippen LogP contribution in [-0.4, -0.2) is 48.1 Å². The van der Waals surface area contributed by atoms with Crippen molar-refractivity contribution in [2.75, 3.05) is 25.7 Å². The molecule has 1 aromatic heterocycles. The second kappa shape index (κ2) is 7.90. The summed E-state index contributed by atoms with van der Waals surface area (Å²) in [5.41, 5.74) is 4.89. The molecule has 1 fully saturated rings. The van der Waals surface area contributed by atoms with Crippen molar-refractivity contribution < 1.29 is 28.5 Å². The number of carbonyl (C=O) groups excluding carboxylic acids is 1. The summed E-state index contributed by atoms with van der Waals surface area (Å²) in [6.45, 7) is 3.31. The van der Waals surface area contributed by atoms with Crippen molar-refractivity contribution in [3.05, 3.63) is 22.7 Å². The Kier molecular flexibility index (Phi) is 5.90. The summed E-state index contributed by atoms with van der Waals surface area (Å²) in [5, 5.41) is 0. The van der Waals surface area contributed by atoms with Gasteiger partial charge in [-0.2, -0.15) is 4.98 Å². The SMILES string of the molecule is CC(C)OC(=O)OCOC[C@H]1OC[C@@H](n2ccc(N)nc2=O)O1. The van der Waals surface area contributed by atoms with Gasteiger partial charge in [-0.3, -0.25) is 4.57 Å². The lowest BCUT2D eigenvalue weighted by atomic mass is 10.5. The van der Waals surface area contributed by atoms with E-state index in [0.717, 1.165) is 0 Å². The van der Waals surface area contributed by atoms with Crippen LogP contribution in [0.15, 0.2) is 17.1 Å². The predicted molar refractivity (Wildman–Crippen MR) is 76.3 cm³/mol. The first-order valence-electron chi connectivity index (χ1n) is 6.98. The minimum atomic E-state index is -0.814. The Hall–Kier alpha value is -2.17. The van der Waals surface area contributed by atoms with E-state index in [1.54, 1.807) is 13.8 Å². The molecule has 1 aromatic rings. The van der Waals surface area contributed by atoms with Crippen LogP contribution in [0.25, 0.3) is 0 Å². The molecule has 0 spiro atoms. The van der Waals surface area contributed by atoms with Crippen LogP contribution in [0.4, 0.5) is 10.6 Å². The molecule has 1 aliphatic heterocycles. The average molecular weight is 329 g/mol. The van der Waals surface area contributed by atoms with Crippen molar-refractivity contribution in [2.24, 2.45) is 0 Å². The van der Waals surface area contributed by atoms with Crippen LogP contribution in [0.3, 0.4) is 0 Å². The monoisotopic (exact) mass is 329 g/mol. The maximum absolute atomic E-state index is 11.7. The van der Waals surface area contributed by atoms with Gasteiger partial charge < -0.3 is 29.4 Å². The van der Waals surface area contributed by atoms with Crippen LogP contribution in [0.2, 0.25) is 0 Å². The van der Waals surface area contributed by atoms with E-state index in [9.17, 15) is 9.59 Å². The van der Waals surface area contributed by atoms with E-state index in [-0.39, 0.29) is 31.9 Å². The summed E-state index contributed by atoms with van der Waals surface area (Å²) >= 11 is 0. The van der Waals surface area contributed by atoms with Crippen molar-refractivity contribution >= 4 is 12.0 Å². The van der Waals surface area contributed by atoms with Crippen molar-refractivity contribution in [3.63, 3.8) is 0 Å². The van der Waals surface area contributed by atoms with E-state index in [1.807, 2.05) is 0 Å². The number of aromatic nitrogens is 2. The third-order valence-corrected chi connectivity index (χ3v) is 2.74. The van der Waals surface area contributed by atoms with Gasteiger partial charge in [-0.25, -0.2) is 9.59 Å². The molecule has 2 N–H and O–H groups in total. The quantitative estimate of drug-likeness (QED) is 0.443. The molecule has 0 saturated carbocycles. The van der Waals surface area contributed by atoms with Crippen LogP contribution >= 0.6 is 0 Å². The number of nitrogen functional groups attached to an aromatic ring is 1. The standard InChI is InChI=1S/C13H19N3O7/c1-8(2)22-13(18)21-7-19-6-11-20-5-10(23-11)16-4-3-9(14)15-12(16)17/h3-4,8,10-11H,5-7H2,1-2H3,(H2,14,15,17)/t10-,11-/m0/s1. The van der Waals surface area contributed by atoms with E-state index >= 15 is 0 Å². The molecule has 0 aromatic carbocycles. The van der Waals surface area contributed by atoms with E-state index in [2.05, 4.69) is 9.72 Å². The van der Waals surface area contributed by atoms with Gasteiger partial charge in [0.2, 0.25) is 0 Å². The van der Waals surface area contributed by atoms with E-state index in [0.29, 0.717) is 0 Å². The number of hydrogen-bond acceptors (Lipinski definition) is 9. The first-order chi connectivity index (χ1) is 11.0. The molecule has 2 atom stereocenters. The molecule has 0 amide bonds. The van der Waals surface area contributed by atoms with Gasteiger partial charge in [-0.15, -0.1) is 0 Å². The number of hydrogen-bond donors (Lipinski definition) is 1. The molecule has 10 heteroatoms. The van der Waals surface area contributed by atoms with Gasteiger partial charge in [0, 0.05) is 6.20 Å². The third kappa shape index (κ3) is 5.20. The molecule has 2 heterocycles. The maximum Gasteiger partial charge on any atom is 0.510 e. The summed E-state index contributed by atoms with van der Waals surface area (Å²) in [6.07, 6.45) is -0.903. The number of rotatable bonds is 6. The maximum atomic E-state index is 11.7. The van der Waals surface area contributed by atoms with E-state index in [1.165, 1.54) is 16.8 Å². The molecule has 1 saturated heterocycles. The molecule has 23 heavy (non-hydrogen) atoms. The van der Waals surface area contributed by atoms with Gasteiger partial charge in [0.05, 0.1) is 12.7 Å². The zero-order valence-electron chi connectivity index (χ0n) is 12.8. The number of ether oxygens (including phenoxy) is 5. The van der Waals surface area contributed by atoms with Gasteiger partial charge in [0.15, 0.2) is 19.3 Å². The lowest BCUT2D eigenvalue weighted by Gasteiger charge is -2.13. The third-order valence-electron chi connectivity index (χ3n) is 2.74. The van der Waals surface area contributed by atoms with Gasteiger partial charge in [-0.1, -0.05) is 0 Å². The first-order valence-corrected chi connectivity index (χ1v) is 6.98. The summed E-state index contributed by atoms with van der Waals surface area (Å²) in [7, 11) is 0. The number of nitrogens with two attached hydrogens (primary N) is 1. The van der Waals surface area contributed by atoms with Crippen LogP contribution in [0.1, 0.15) is 20.1 Å². The zero-order valence-corrected chi connectivity index (χ0v) is 12.8. The molecule has 10 nitrogen and oxygen atoms in total. The van der Waals surface area contributed by atoms with Crippen molar-refractivity contribution in [2.45, 2.75) is 32.5 Å². The molecular weight excluding hydrogens is 310 g/mol.